The molecule has 0 spiro atoms. The van der Waals surface area contributed by atoms with Gasteiger partial charge in [0.2, 0.25) is 0 Å². The number of hydrogen-bond acceptors (Lipinski definition) is 2. The lowest BCUT2D eigenvalue weighted by Crippen LogP contribution is -2.10. The molecule has 0 bridgehead atoms. The molecule has 4 heteroatoms. The molecule has 0 aliphatic rings. The van der Waals surface area contributed by atoms with Gasteiger partial charge in [0.1, 0.15) is 5.82 Å². The molecule has 1 atom stereocenters. The van der Waals surface area contributed by atoms with Gasteiger partial charge in [-0.3, -0.25) is 0 Å². The van der Waals surface area contributed by atoms with Gasteiger partial charge in [0.15, 0.2) is 0 Å². The summed E-state index contributed by atoms with van der Waals surface area (Å²) in [4.78, 5) is 10.7. The summed E-state index contributed by atoms with van der Waals surface area (Å²) in [6, 6.07) is 3.85. The van der Waals surface area contributed by atoms with Crippen LogP contribution in [-0.4, -0.2) is 22.8 Å². The Labute approximate surface area is 80.8 Å². The van der Waals surface area contributed by atoms with E-state index in [1.807, 2.05) is 0 Å². The van der Waals surface area contributed by atoms with E-state index in [9.17, 15) is 9.18 Å². The number of rotatable bonds is 3. The molecular weight excluding hydrogens is 187 g/mol. The van der Waals surface area contributed by atoms with E-state index in [0.29, 0.717) is 0 Å². The van der Waals surface area contributed by atoms with E-state index in [0.717, 1.165) is 0 Å². The molecule has 0 aliphatic carbocycles. The largest absolute Gasteiger partial charge is 0.478 e. The van der Waals surface area contributed by atoms with Crippen molar-refractivity contribution in [3.05, 3.63) is 35.1 Å². The zero-order chi connectivity index (χ0) is 10.7. The number of benzene rings is 1. The van der Waals surface area contributed by atoms with Gasteiger partial charge in [0.05, 0.1) is 5.56 Å². The summed E-state index contributed by atoms with van der Waals surface area (Å²) in [6.45, 7) is 1.30. The average Bonchev–Trinajstić information content (AvgIpc) is 2.16. The van der Waals surface area contributed by atoms with E-state index in [1.165, 1.54) is 18.2 Å². The summed E-state index contributed by atoms with van der Waals surface area (Å²) in [5.41, 5.74) is -0.0333. The van der Waals surface area contributed by atoms with Gasteiger partial charge in [0.25, 0.3) is 0 Å². The van der Waals surface area contributed by atoms with Crippen LogP contribution in [0.25, 0.3) is 0 Å². The number of carboxylic acids is 1. The van der Waals surface area contributed by atoms with Crippen molar-refractivity contribution >= 4 is 5.97 Å². The molecule has 0 amide bonds. The zero-order valence-electron chi connectivity index (χ0n) is 7.70. The van der Waals surface area contributed by atoms with Crippen LogP contribution in [0.2, 0.25) is 0 Å². The Morgan fingerprint density at radius 3 is 2.71 bits per heavy atom. The first kappa shape index (κ1) is 10.7. The zero-order valence-corrected chi connectivity index (χ0v) is 7.70. The molecule has 0 saturated carbocycles. The van der Waals surface area contributed by atoms with Crippen molar-refractivity contribution in [2.24, 2.45) is 0 Å². The smallest absolute Gasteiger partial charge is 0.336 e. The molecule has 1 aromatic rings. The van der Waals surface area contributed by atoms with Crippen molar-refractivity contribution in [2.75, 3.05) is 6.61 Å². The number of carboxylic acid groups (broad SMARTS) is 1. The highest BCUT2D eigenvalue weighted by molar-refractivity contribution is 5.89. The van der Waals surface area contributed by atoms with Gasteiger partial charge in [-0.25, -0.2) is 9.18 Å². The fourth-order valence-electron chi connectivity index (χ4n) is 1.32. The number of aliphatic hydroxyl groups is 1. The molecule has 2 N–H and O–H groups in total. The van der Waals surface area contributed by atoms with E-state index in [4.69, 9.17) is 10.2 Å². The van der Waals surface area contributed by atoms with Crippen molar-refractivity contribution in [1.29, 1.82) is 0 Å². The Balaban J connectivity index is 3.29. The third-order valence-corrected chi connectivity index (χ3v) is 2.05. The van der Waals surface area contributed by atoms with Gasteiger partial charge in [-0.1, -0.05) is 13.0 Å². The first-order valence-electron chi connectivity index (χ1n) is 4.20. The maximum absolute atomic E-state index is 13.3. The third kappa shape index (κ3) is 1.90. The molecule has 0 saturated heterocycles. The predicted molar refractivity (Wildman–Crippen MR) is 48.9 cm³/mol. The molecule has 0 aromatic heterocycles. The average molecular weight is 198 g/mol. The molecule has 14 heavy (non-hydrogen) atoms. The Bertz CT molecular complexity index is 349. The summed E-state index contributed by atoms with van der Waals surface area (Å²) in [6.07, 6.45) is 0. The molecule has 0 aliphatic heterocycles. The fraction of sp³-hybridized carbons (Fsp3) is 0.300. The topological polar surface area (TPSA) is 57.5 Å². The van der Waals surface area contributed by atoms with Crippen molar-refractivity contribution in [1.82, 2.24) is 0 Å². The molecule has 1 unspecified atom stereocenters. The van der Waals surface area contributed by atoms with Crippen molar-refractivity contribution in [2.45, 2.75) is 12.8 Å². The standard InChI is InChI=1S/C10H11FO3/c1-6(5-12)9-7(10(13)14)3-2-4-8(9)11/h2-4,6,12H,5H2,1H3,(H,13,14). The summed E-state index contributed by atoms with van der Waals surface area (Å²) in [5, 5.41) is 17.6. The Kier molecular flexibility index (Phi) is 3.19. The third-order valence-electron chi connectivity index (χ3n) is 2.05. The van der Waals surface area contributed by atoms with Gasteiger partial charge in [-0.2, -0.15) is 0 Å². The van der Waals surface area contributed by atoms with Crippen molar-refractivity contribution in [3.63, 3.8) is 0 Å². The first-order valence-corrected chi connectivity index (χ1v) is 4.20. The Morgan fingerprint density at radius 2 is 2.21 bits per heavy atom. The lowest BCUT2D eigenvalue weighted by molar-refractivity contribution is 0.0694. The minimum atomic E-state index is -1.18. The summed E-state index contributed by atoms with van der Waals surface area (Å²) in [7, 11) is 0. The van der Waals surface area contributed by atoms with E-state index in [1.54, 1.807) is 6.92 Å². The maximum atomic E-state index is 13.3. The SMILES string of the molecule is CC(CO)c1c(F)cccc1C(=O)O. The molecule has 1 aromatic carbocycles. The molecular formula is C10H11FO3. The highest BCUT2D eigenvalue weighted by Crippen LogP contribution is 2.22. The van der Waals surface area contributed by atoms with Crippen LogP contribution in [0.15, 0.2) is 18.2 Å². The molecule has 0 radical (unpaired) electrons. The highest BCUT2D eigenvalue weighted by atomic mass is 19.1. The second kappa shape index (κ2) is 4.19. The number of aliphatic hydroxyl groups excluding tert-OH is 1. The number of carbonyl (C=O) groups is 1. The van der Waals surface area contributed by atoms with Crippen LogP contribution >= 0.6 is 0 Å². The summed E-state index contributed by atoms with van der Waals surface area (Å²) in [5.74, 6) is -2.28. The van der Waals surface area contributed by atoms with E-state index >= 15 is 0 Å². The van der Waals surface area contributed by atoms with Crippen LogP contribution in [0.4, 0.5) is 4.39 Å². The fourth-order valence-corrected chi connectivity index (χ4v) is 1.32. The van der Waals surface area contributed by atoms with Gasteiger partial charge in [-0.05, 0) is 12.1 Å². The van der Waals surface area contributed by atoms with Gasteiger partial charge in [0, 0.05) is 18.1 Å². The van der Waals surface area contributed by atoms with Gasteiger partial charge in [-0.15, -0.1) is 0 Å². The molecule has 1 rings (SSSR count). The lowest BCUT2D eigenvalue weighted by atomic mass is 9.96. The number of hydrogen-bond donors (Lipinski definition) is 2. The quantitative estimate of drug-likeness (QED) is 0.775. The van der Waals surface area contributed by atoms with Crippen molar-refractivity contribution < 1.29 is 19.4 Å². The Morgan fingerprint density at radius 1 is 1.57 bits per heavy atom. The number of aromatic carboxylic acids is 1. The van der Waals surface area contributed by atoms with Gasteiger partial charge >= 0.3 is 5.97 Å². The van der Waals surface area contributed by atoms with Crippen LogP contribution in [0.3, 0.4) is 0 Å². The number of halogens is 1. The molecule has 0 fully saturated rings. The monoisotopic (exact) mass is 198 g/mol. The first-order chi connectivity index (χ1) is 6.57. The molecule has 3 nitrogen and oxygen atoms in total. The minimum absolute atomic E-state index is 0.0579. The maximum Gasteiger partial charge on any atom is 0.336 e. The van der Waals surface area contributed by atoms with Crippen LogP contribution in [-0.2, 0) is 0 Å². The molecule has 76 valence electrons. The summed E-state index contributed by atoms with van der Waals surface area (Å²) < 4.78 is 13.3. The van der Waals surface area contributed by atoms with Gasteiger partial charge < -0.3 is 10.2 Å². The summed E-state index contributed by atoms with van der Waals surface area (Å²) >= 11 is 0. The van der Waals surface area contributed by atoms with Crippen LogP contribution < -0.4 is 0 Å². The molecule has 0 heterocycles. The lowest BCUT2D eigenvalue weighted by Gasteiger charge is -2.12. The van der Waals surface area contributed by atoms with Crippen molar-refractivity contribution in [3.8, 4) is 0 Å². The van der Waals surface area contributed by atoms with E-state index in [2.05, 4.69) is 0 Å². The Hall–Kier alpha value is -1.42. The normalized spacial score (nSPS) is 12.5. The van der Waals surface area contributed by atoms with E-state index < -0.39 is 17.7 Å². The van der Waals surface area contributed by atoms with Crippen LogP contribution in [0, 0.1) is 5.82 Å². The van der Waals surface area contributed by atoms with Crippen LogP contribution in [0.1, 0.15) is 28.8 Å². The predicted octanol–water partition coefficient (Wildman–Crippen LogP) is 1.62. The second-order valence-corrected chi connectivity index (χ2v) is 3.09. The second-order valence-electron chi connectivity index (χ2n) is 3.09. The minimum Gasteiger partial charge on any atom is -0.478 e. The van der Waals surface area contributed by atoms with Crippen LogP contribution in [0.5, 0.6) is 0 Å². The van der Waals surface area contributed by atoms with E-state index in [-0.39, 0.29) is 17.7 Å². The highest BCUT2D eigenvalue weighted by Gasteiger charge is 2.18.